The van der Waals surface area contributed by atoms with Crippen LogP contribution in [0.3, 0.4) is 0 Å². The van der Waals surface area contributed by atoms with Crippen LogP contribution < -0.4 is 5.32 Å². The number of hydrogen-bond acceptors (Lipinski definition) is 3. The second kappa shape index (κ2) is 6.96. The van der Waals surface area contributed by atoms with Crippen molar-refractivity contribution in [1.82, 2.24) is 5.32 Å². The average molecular weight is 199 g/mol. The van der Waals surface area contributed by atoms with Crippen molar-refractivity contribution in [3.05, 3.63) is 0 Å². The van der Waals surface area contributed by atoms with Crippen LogP contribution in [-0.4, -0.2) is 32.6 Å². The molecule has 1 aliphatic rings. The molecule has 0 spiro atoms. The summed E-state index contributed by atoms with van der Waals surface area (Å²) in [6.45, 7) is 1.97. The smallest absolute Gasteiger partial charge is 0.149 e. The first-order valence-corrected chi connectivity index (χ1v) is 5.57. The lowest BCUT2D eigenvalue weighted by molar-refractivity contribution is -0.122. The molecule has 0 atom stereocenters. The zero-order valence-corrected chi connectivity index (χ0v) is 9.05. The Morgan fingerprint density at radius 2 is 2.07 bits per heavy atom. The predicted molar refractivity (Wildman–Crippen MR) is 56.3 cm³/mol. The van der Waals surface area contributed by atoms with E-state index < -0.39 is 0 Å². The van der Waals surface area contributed by atoms with E-state index in [0.29, 0.717) is 24.9 Å². The van der Waals surface area contributed by atoms with Crippen LogP contribution in [0.25, 0.3) is 0 Å². The molecular weight excluding hydrogens is 178 g/mol. The van der Waals surface area contributed by atoms with Gasteiger partial charge in [-0.3, -0.25) is 4.79 Å². The molecule has 0 amide bonds. The highest BCUT2D eigenvalue weighted by atomic mass is 16.5. The minimum Gasteiger partial charge on any atom is -0.383 e. The van der Waals surface area contributed by atoms with Crippen LogP contribution in [0.2, 0.25) is 0 Å². The number of nitrogens with one attached hydrogen (secondary N) is 1. The lowest BCUT2D eigenvalue weighted by atomic mass is 9.86. The van der Waals surface area contributed by atoms with Crippen LogP contribution in [0.5, 0.6) is 0 Å². The Bertz CT molecular complexity index is 165. The quantitative estimate of drug-likeness (QED) is 0.657. The Kier molecular flexibility index (Phi) is 5.80. The van der Waals surface area contributed by atoms with Gasteiger partial charge in [0.15, 0.2) is 0 Å². The first kappa shape index (κ1) is 11.7. The second-order valence-corrected chi connectivity index (χ2v) is 3.97. The van der Waals surface area contributed by atoms with Crippen LogP contribution in [0.4, 0.5) is 0 Å². The number of Topliss-reactive ketones (excluding diaryl/α,β-unsaturated/α-hetero) is 1. The number of ether oxygens (including phenoxy) is 1. The van der Waals surface area contributed by atoms with Gasteiger partial charge in [-0.2, -0.15) is 0 Å². The van der Waals surface area contributed by atoms with Crippen molar-refractivity contribution in [2.24, 2.45) is 5.92 Å². The summed E-state index contributed by atoms with van der Waals surface area (Å²) in [6.07, 6.45) is 5.97. The van der Waals surface area contributed by atoms with Gasteiger partial charge < -0.3 is 10.1 Å². The van der Waals surface area contributed by atoms with Crippen LogP contribution in [0, 0.1) is 5.92 Å². The van der Waals surface area contributed by atoms with E-state index in [4.69, 9.17) is 4.74 Å². The van der Waals surface area contributed by atoms with Crippen LogP contribution in [0.1, 0.15) is 32.1 Å². The maximum atomic E-state index is 11.7. The molecule has 1 saturated carbocycles. The molecule has 1 fully saturated rings. The van der Waals surface area contributed by atoms with E-state index in [1.807, 2.05) is 0 Å². The Morgan fingerprint density at radius 3 is 2.71 bits per heavy atom. The SMILES string of the molecule is COCCNCC(=O)C1CCCCC1. The van der Waals surface area contributed by atoms with Crippen molar-refractivity contribution < 1.29 is 9.53 Å². The first-order valence-electron chi connectivity index (χ1n) is 5.57. The fourth-order valence-electron chi connectivity index (χ4n) is 1.95. The largest absolute Gasteiger partial charge is 0.383 e. The number of ketones is 1. The Hall–Kier alpha value is -0.410. The van der Waals surface area contributed by atoms with Crippen molar-refractivity contribution in [2.75, 3.05) is 26.8 Å². The fourth-order valence-corrected chi connectivity index (χ4v) is 1.95. The van der Waals surface area contributed by atoms with Gasteiger partial charge in [-0.15, -0.1) is 0 Å². The molecule has 0 saturated heterocycles. The molecule has 82 valence electrons. The molecule has 0 heterocycles. The summed E-state index contributed by atoms with van der Waals surface area (Å²) in [5.41, 5.74) is 0. The molecule has 0 aromatic heterocycles. The number of methoxy groups -OCH3 is 1. The Morgan fingerprint density at radius 1 is 1.36 bits per heavy atom. The zero-order valence-electron chi connectivity index (χ0n) is 9.05. The van der Waals surface area contributed by atoms with Gasteiger partial charge in [0, 0.05) is 19.6 Å². The summed E-state index contributed by atoms with van der Waals surface area (Å²) in [4.78, 5) is 11.7. The molecule has 3 heteroatoms. The number of carbonyl (C=O) groups is 1. The van der Waals surface area contributed by atoms with Gasteiger partial charge in [0.25, 0.3) is 0 Å². The van der Waals surface area contributed by atoms with Crippen LogP contribution in [-0.2, 0) is 9.53 Å². The van der Waals surface area contributed by atoms with E-state index >= 15 is 0 Å². The molecule has 1 aliphatic carbocycles. The van der Waals surface area contributed by atoms with Crippen LogP contribution in [0.15, 0.2) is 0 Å². The zero-order chi connectivity index (χ0) is 10.2. The predicted octanol–water partition coefficient (Wildman–Crippen LogP) is 1.37. The Labute approximate surface area is 86.2 Å². The third-order valence-corrected chi connectivity index (χ3v) is 2.84. The highest BCUT2D eigenvalue weighted by molar-refractivity contribution is 5.82. The molecule has 0 aromatic rings. The average Bonchev–Trinajstić information content (AvgIpc) is 2.25. The molecule has 0 aromatic carbocycles. The van der Waals surface area contributed by atoms with E-state index in [9.17, 15) is 4.79 Å². The van der Waals surface area contributed by atoms with E-state index in [1.54, 1.807) is 7.11 Å². The summed E-state index contributed by atoms with van der Waals surface area (Å²) in [7, 11) is 1.67. The molecule has 0 unspecified atom stereocenters. The summed E-state index contributed by atoms with van der Waals surface area (Å²) in [5.74, 6) is 0.722. The number of carbonyl (C=O) groups excluding carboxylic acids is 1. The molecule has 3 nitrogen and oxygen atoms in total. The minimum atomic E-state index is 0.332. The van der Waals surface area contributed by atoms with Crippen molar-refractivity contribution in [3.8, 4) is 0 Å². The van der Waals surface area contributed by atoms with Crippen LogP contribution >= 0.6 is 0 Å². The molecule has 0 bridgehead atoms. The van der Waals surface area contributed by atoms with Crippen molar-refractivity contribution in [3.63, 3.8) is 0 Å². The van der Waals surface area contributed by atoms with Crippen molar-refractivity contribution in [1.29, 1.82) is 0 Å². The van der Waals surface area contributed by atoms with Gasteiger partial charge in [0.1, 0.15) is 5.78 Å². The number of hydrogen-bond donors (Lipinski definition) is 1. The Balaban J connectivity index is 2.07. The van der Waals surface area contributed by atoms with Gasteiger partial charge in [0.05, 0.1) is 13.2 Å². The topological polar surface area (TPSA) is 38.3 Å². The molecule has 14 heavy (non-hydrogen) atoms. The van der Waals surface area contributed by atoms with Gasteiger partial charge in [-0.25, -0.2) is 0 Å². The fraction of sp³-hybridized carbons (Fsp3) is 0.909. The summed E-state index contributed by atoms with van der Waals surface area (Å²) in [5, 5.41) is 3.11. The van der Waals surface area contributed by atoms with Crippen molar-refractivity contribution in [2.45, 2.75) is 32.1 Å². The summed E-state index contributed by atoms with van der Waals surface area (Å²) in [6, 6.07) is 0. The van der Waals surface area contributed by atoms with E-state index in [-0.39, 0.29) is 0 Å². The highest BCUT2D eigenvalue weighted by Gasteiger charge is 2.19. The van der Waals surface area contributed by atoms with E-state index in [2.05, 4.69) is 5.32 Å². The number of rotatable bonds is 6. The monoisotopic (exact) mass is 199 g/mol. The van der Waals surface area contributed by atoms with Gasteiger partial charge in [-0.05, 0) is 12.8 Å². The second-order valence-electron chi connectivity index (χ2n) is 3.97. The van der Waals surface area contributed by atoms with Gasteiger partial charge in [-0.1, -0.05) is 19.3 Å². The third-order valence-electron chi connectivity index (χ3n) is 2.84. The first-order chi connectivity index (χ1) is 6.84. The molecule has 1 rings (SSSR count). The highest BCUT2D eigenvalue weighted by Crippen LogP contribution is 2.23. The summed E-state index contributed by atoms with van der Waals surface area (Å²) >= 11 is 0. The normalized spacial score (nSPS) is 18.4. The third kappa shape index (κ3) is 4.20. The van der Waals surface area contributed by atoms with Gasteiger partial charge >= 0.3 is 0 Å². The molecule has 1 N–H and O–H groups in total. The van der Waals surface area contributed by atoms with E-state index in [0.717, 1.165) is 19.4 Å². The van der Waals surface area contributed by atoms with E-state index in [1.165, 1.54) is 19.3 Å². The molecule has 0 radical (unpaired) electrons. The molecular formula is C11H21NO2. The van der Waals surface area contributed by atoms with Gasteiger partial charge in [0.2, 0.25) is 0 Å². The van der Waals surface area contributed by atoms with Crippen molar-refractivity contribution >= 4 is 5.78 Å². The summed E-state index contributed by atoms with van der Waals surface area (Å²) < 4.78 is 4.90. The molecule has 0 aliphatic heterocycles. The maximum Gasteiger partial charge on any atom is 0.149 e. The maximum absolute atomic E-state index is 11.7. The minimum absolute atomic E-state index is 0.332. The lowest BCUT2D eigenvalue weighted by Gasteiger charge is -2.20. The standard InChI is InChI=1S/C11H21NO2/c1-14-8-7-12-9-11(13)10-5-3-2-4-6-10/h10,12H,2-9H2,1H3. The lowest BCUT2D eigenvalue weighted by Crippen LogP contribution is -2.31.